The van der Waals surface area contributed by atoms with Crippen molar-refractivity contribution in [1.29, 1.82) is 0 Å². The predicted molar refractivity (Wildman–Crippen MR) is 83.7 cm³/mol. The molecular weight excluding hydrogens is 284 g/mol. The Morgan fingerprint density at radius 1 is 1.18 bits per heavy atom. The van der Waals surface area contributed by atoms with Crippen LogP contribution in [0.5, 0.6) is 0 Å². The summed E-state index contributed by atoms with van der Waals surface area (Å²) >= 11 is 0. The van der Waals surface area contributed by atoms with E-state index in [2.05, 4.69) is 10.6 Å². The van der Waals surface area contributed by atoms with E-state index in [1.807, 2.05) is 6.92 Å². The molecule has 1 unspecified atom stereocenters. The molecule has 1 rings (SSSR count). The average molecular weight is 306 g/mol. The molecule has 0 bridgehead atoms. The standard InChI is InChI=1S/C16H22N2O4/c1-4-16(2,10-14(20)21)9-13(19)18-12-8-6-5-7-11(12)15(22)17-3/h5-8H,4,9-10H2,1-3H3,(H,17,22)(H,18,19)(H,20,21). The SMILES string of the molecule is CCC(C)(CC(=O)O)CC(=O)Nc1ccccc1C(=O)NC. The van der Waals surface area contributed by atoms with Crippen molar-refractivity contribution in [2.45, 2.75) is 33.1 Å². The summed E-state index contributed by atoms with van der Waals surface area (Å²) in [5, 5.41) is 14.2. The number of benzene rings is 1. The molecular formula is C16H22N2O4. The quantitative estimate of drug-likeness (QED) is 0.720. The van der Waals surface area contributed by atoms with Crippen molar-refractivity contribution in [2.24, 2.45) is 5.41 Å². The van der Waals surface area contributed by atoms with Gasteiger partial charge in [0.05, 0.1) is 17.7 Å². The summed E-state index contributed by atoms with van der Waals surface area (Å²) in [6.07, 6.45) is 0.579. The largest absolute Gasteiger partial charge is 0.481 e. The summed E-state index contributed by atoms with van der Waals surface area (Å²) in [5.41, 5.74) is 0.174. The molecule has 0 radical (unpaired) electrons. The molecule has 120 valence electrons. The van der Waals surface area contributed by atoms with Gasteiger partial charge < -0.3 is 15.7 Å². The van der Waals surface area contributed by atoms with Gasteiger partial charge in [0.1, 0.15) is 0 Å². The Morgan fingerprint density at radius 2 is 1.82 bits per heavy atom. The van der Waals surface area contributed by atoms with E-state index in [9.17, 15) is 14.4 Å². The number of rotatable bonds is 7. The molecule has 6 nitrogen and oxygen atoms in total. The Balaban J connectivity index is 2.85. The molecule has 2 amide bonds. The third-order valence-electron chi connectivity index (χ3n) is 3.69. The van der Waals surface area contributed by atoms with Gasteiger partial charge in [0, 0.05) is 13.5 Å². The zero-order valence-corrected chi connectivity index (χ0v) is 13.1. The minimum Gasteiger partial charge on any atom is -0.481 e. The highest BCUT2D eigenvalue weighted by Crippen LogP contribution is 2.30. The van der Waals surface area contributed by atoms with Gasteiger partial charge in [0.2, 0.25) is 5.91 Å². The lowest BCUT2D eigenvalue weighted by atomic mass is 9.80. The maximum atomic E-state index is 12.2. The molecule has 0 aromatic heterocycles. The van der Waals surface area contributed by atoms with Crippen molar-refractivity contribution in [3.63, 3.8) is 0 Å². The average Bonchev–Trinajstić information content (AvgIpc) is 2.46. The van der Waals surface area contributed by atoms with E-state index in [0.717, 1.165) is 0 Å². The molecule has 0 heterocycles. The number of carbonyl (C=O) groups excluding carboxylic acids is 2. The first kappa shape index (κ1) is 17.7. The number of hydrogen-bond acceptors (Lipinski definition) is 3. The summed E-state index contributed by atoms with van der Waals surface area (Å²) in [7, 11) is 1.52. The Kier molecular flexibility index (Phi) is 6.10. The molecule has 0 fully saturated rings. The second kappa shape index (κ2) is 7.59. The van der Waals surface area contributed by atoms with Crippen molar-refractivity contribution in [1.82, 2.24) is 5.32 Å². The van der Waals surface area contributed by atoms with E-state index in [1.165, 1.54) is 7.05 Å². The molecule has 0 saturated carbocycles. The predicted octanol–water partition coefficient (Wildman–Crippen LogP) is 2.27. The summed E-state index contributed by atoms with van der Waals surface area (Å²) < 4.78 is 0. The molecule has 0 aliphatic carbocycles. The molecule has 0 aliphatic heterocycles. The highest BCUT2D eigenvalue weighted by Gasteiger charge is 2.29. The summed E-state index contributed by atoms with van der Waals surface area (Å²) in [5.74, 6) is -1.52. The van der Waals surface area contributed by atoms with Crippen LogP contribution < -0.4 is 10.6 Å². The van der Waals surface area contributed by atoms with Crippen LogP contribution in [0.3, 0.4) is 0 Å². The maximum absolute atomic E-state index is 12.2. The van der Waals surface area contributed by atoms with Crippen LogP contribution in [0.2, 0.25) is 0 Å². The number of anilines is 1. The van der Waals surface area contributed by atoms with Crippen molar-refractivity contribution in [3.05, 3.63) is 29.8 Å². The van der Waals surface area contributed by atoms with Crippen LogP contribution in [0.1, 0.15) is 43.5 Å². The number of hydrogen-bond donors (Lipinski definition) is 3. The van der Waals surface area contributed by atoms with Gasteiger partial charge in [-0.1, -0.05) is 26.0 Å². The lowest BCUT2D eigenvalue weighted by Gasteiger charge is -2.25. The Hall–Kier alpha value is -2.37. The summed E-state index contributed by atoms with van der Waals surface area (Å²) in [6, 6.07) is 6.69. The van der Waals surface area contributed by atoms with Gasteiger partial charge in [0.15, 0.2) is 0 Å². The highest BCUT2D eigenvalue weighted by molar-refractivity contribution is 6.03. The maximum Gasteiger partial charge on any atom is 0.303 e. The fourth-order valence-corrected chi connectivity index (χ4v) is 2.18. The zero-order chi connectivity index (χ0) is 16.8. The number of nitrogens with one attached hydrogen (secondary N) is 2. The molecule has 1 aromatic carbocycles. The van der Waals surface area contributed by atoms with Gasteiger partial charge in [-0.2, -0.15) is 0 Å². The molecule has 0 spiro atoms. The molecule has 22 heavy (non-hydrogen) atoms. The monoisotopic (exact) mass is 306 g/mol. The summed E-state index contributed by atoms with van der Waals surface area (Å²) in [4.78, 5) is 34.9. The van der Waals surface area contributed by atoms with Crippen LogP contribution in [0.25, 0.3) is 0 Å². The van der Waals surface area contributed by atoms with Crippen LogP contribution in [-0.4, -0.2) is 29.9 Å². The van der Waals surface area contributed by atoms with Crippen molar-refractivity contribution in [3.8, 4) is 0 Å². The topological polar surface area (TPSA) is 95.5 Å². The molecule has 0 aliphatic rings. The Labute approximate surface area is 129 Å². The van der Waals surface area contributed by atoms with Gasteiger partial charge in [-0.15, -0.1) is 0 Å². The molecule has 6 heteroatoms. The van der Waals surface area contributed by atoms with Crippen molar-refractivity contribution in [2.75, 3.05) is 12.4 Å². The van der Waals surface area contributed by atoms with Crippen LogP contribution in [0.4, 0.5) is 5.69 Å². The third-order valence-corrected chi connectivity index (χ3v) is 3.69. The second-order valence-corrected chi connectivity index (χ2v) is 5.58. The van der Waals surface area contributed by atoms with Gasteiger partial charge in [-0.3, -0.25) is 14.4 Å². The molecule has 1 atom stereocenters. The number of aliphatic carboxylic acids is 1. The Morgan fingerprint density at radius 3 is 2.36 bits per heavy atom. The Bertz CT molecular complexity index is 571. The number of carboxylic acids is 1. The first-order valence-electron chi connectivity index (χ1n) is 7.14. The fraction of sp³-hybridized carbons (Fsp3) is 0.438. The van der Waals surface area contributed by atoms with Gasteiger partial charge in [0.25, 0.3) is 5.91 Å². The van der Waals surface area contributed by atoms with E-state index in [-0.39, 0.29) is 24.7 Å². The van der Waals surface area contributed by atoms with Gasteiger partial charge in [-0.25, -0.2) is 0 Å². The van der Waals surface area contributed by atoms with Gasteiger partial charge in [-0.05, 0) is 24.0 Å². The van der Waals surface area contributed by atoms with E-state index >= 15 is 0 Å². The van der Waals surface area contributed by atoms with Crippen molar-refractivity contribution < 1.29 is 19.5 Å². The van der Waals surface area contributed by atoms with Gasteiger partial charge >= 0.3 is 5.97 Å². The lowest BCUT2D eigenvalue weighted by Crippen LogP contribution is -2.28. The van der Waals surface area contributed by atoms with E-state index < -0.39 is 11.4 Å². The number of para-hydroxylation sites is 1. The first-order valence-corrected chi connectivity index (χ1v) is 7.14. The normalized spacial score (nSPS) is 13.0. The highest BCUT2D eigenvalue weighted by atomic mass is 16.4. The molecule has 3 N–H and O–H groups in total. The zero-order valence-electron chi connectivity index (χ0n) is 13.1. The first-order chi connectivity index (χ1) is 10.3. The number of carboxylic acid groups (broad SMARTS) is 1. The van der Waals surface area contributed by atoms with Crippen LogP contribution in [-0.2, 0) is 9.59 Å². The molecule has 0 saturated heterocycles. The lowest BCUT2D eigenvalue weighted by molar-refractivity contribution is -0.140. The fourth-order valence-electron chi connectivity index (χ4n) is 2.18. The van der Waals surface area contributed by atoms with Crippen LogP contribution in [0.15, 0.2) is 24.3 Å². The van der Waals surface area contributed by atoms with E-state index in [4.69, 9.17) is 5.11 Å². The number of carbonyl (C=O) groups is 3. The van der Waals surface area contributed by atoms with E-state index in [1.54, 1.807) is 31.2 Å². The van der Waals surface area contributed by atoms with E-state index in [0.29, 0.717) is 17.7 Å². The number of amides is 2. The minimum atomic E-state index is -0.928. The third kappa shape index (κ3) is 4.87. The van der Waals surface area contributed by atoms with Crippen LogP contribution in [0, 0.1) is 5.41 Å². The molecule has 1 aromatic rings. The van der Waals surface area contributed by atoms with Crippen LogP contribution >= 0.6 is 0 Å². The minimum absolute atomic E-state index is 0.0754. The smallest absolute Gasteiger partial charge is 0.303 e. The summed E-state index contributed by atoms with van der Waals surface area (Å²) in [6.45, 7) is 3.63. The van der Waals surface area contributed by atoms with Crippen molar-refractivity contribution >= 4 is 23.5 Å². The second-order valence-electron chi connectivity index (χ2n) is 5.58.